The molecular formula is C15H19N5O2. The molecule has 0 aliphatic heterocycles. The fourth-order valence-corrected chi connectivity index (χ4v) is 1.76. The van der Waals surface area contributed by atoms with E-state index in [4.69, 9.17) is 0 Å². The van der Waals surface area contributed by atoms with Crippen LogP contribution in [0.2, 0.25) is 0 Å². The van der Waals surface area contributed by atoms with Gasteiger partial charge in [-0.1, -0.05) is 32.9 Å². The summed E-state index contributed by atoms with van der Waals surface area (Å²) in [6.07, 6.45) is 0. The number of nitrogens with one attached hydrogen (secondary N) is 3. The van der Waals surface area contributed by atoms with Gasteiger partial charge in [0.25, 0.3) is 11.5 Å². The van der Waals surface area contributed by atoms with Crippen molar-refractivity contribution in [3.05, 3.63) is 51.4 Å². The zero-order chi connectivity index (χ0) is 16.3. The van der Waals surface area contributed by atoms with Gasteiger partial charge in [0.05, 0.1) is 0 Å². The van der Waals surface area contributed by atoms with Crippen LogP contribution in [0.5, 0.6) is 0 Å². The Balaban J connectivity index is 2.03. The number of carbonyl (C=O) groups is 1. The minimum atomic E-state index is -0.360. The smallest absolute Gasteiger partial charge is 0.274 e. The van der Waals surface area contributed by atoms with E-state index in [9.17, 15) is 9.59 Å². The van der Waals surface area contributed by atoms with Crippen LogP contribution in [0.3, 0.4) is 0 Å². The number of nitrogens with zero attached hydrogens (tertiary/aromatic N) is 2. The molecule has 0 spiro atoms. The molecule has 1 aromatic carbocycles. The maximum Gasteiger partial charge on any atom is 0.274 e. The molecule has 0 saturated carbocycles. The number of anilines is 1. The van der Waals surface area contributed by atoms with E-state index in [-0.39, 0.29) is 28.5 Å². The Morgan fingerprint density at radius 2 is 1.77 bits per heavy atom. The van der Waals surface area contributed by atoms with Gasteiger partial charge >= 0.3 is 0 Å². The van der Waals surface area contributed by atoms with Crippen molar-refractivity contribution in [3.8, 4) is 0 Å². The van der Waals surface area contributed by atoms with Crippen LogP contribution in [-0.2, 0) is 5.41 Å². The highest BCUT2D eigenvalue weighted by Crippen LogP contribution is 2.22. The molecule has 1 heterocycles. The second-order valence-corrected chi connectivity index (χ2v) is 5.99. The SMILES string of the molecule is Cc1nnc(NNC(=O)c2ccc(C(C)(C)C)cc2)[nH]c1=O. The van der Waals surface area contributed by atoms with Crippen LogP contribution in [0.4, 0.5) is 5.95 Å². The molecule has 2 rings (SSSR count). The van der Waals surface area contributed by atoms with Crippen LogP contribution >= 0.6 is 0 Å². The van der Waals surface area contributed by atoms with E-state index in [2.05, 4.69) is 46.8 Å². The van der Waals surface area contributed by atoms with Gasteiger partial charge in [0.15, 0.2) is 0 Å². The van der Waals surface area contributed by atoms with Crippen molar-refractivity contribution in [2.75, 3.05) is 5.43 Å². The van der Waals surface area contributed by atoms with Crippen LogP contribution in [0, 0.1) is 6.92 Å². The molecule has 0 radical (unpaired) electrons. The first-order chi connectivity index (χ1) is 10.3. The largest absolute Gasteiger partial charge is 0.288 e. The van der Waals surface area contributed by atoms with Gasteiger partial charge in [0.1, 0.15) is 5.69 Å². The van der Waals surface area contributed by atoms with Crippen molar-refractivity contribution in [1.29, 1.82) is 0 Å². The van der Waals surface area contributed by atoms with Gasteiger partial charge in [-0.05, 0) is 30.0 Å². The number of aromatic amines is 1. The Labute approximate surface area is 128 Å². The molecule has 0 saturated heterocycles. The number of hydrogen-bond donors (Lipinski definition) is 3. The van der Waals surface area contributed by atoms with Crippen molar-refractivity contribution in [3.63, 3.8) is 0 Å². The number of benzene rings is 1. The summed E-state index contributed by atoms with van der Waals surface area (Å²) in [4.78, 5) is 25.8. The summed E-state index contributed by atoms with van der Waals surface area (Å²) < 4.78 is 0. The lowest BCUT2D eigenvalue weighted by Crippen LogP contribution is -2.32. The summed E-state index contributed by atoms with van der Waals surface area (Å²) in [5.41, 5.74) is 6.56. The number of H-pyrrole nitrogens is 1. The third kappa shape index (κ3) is 3.69. The molecule has 22 heavy (non-hydrogen) atoms. The van der Waals surface area contributed by atoms with E-state index in [1.54, 1.807) is 19.1 Å². The number of aryl methyl sites for hydroxylation is 1. The van der Waals surface area contributed by atoms with E-state index in [0.29, 0.717) is 5.56 Å². The third-order valence-electron chi connectivity index (χ3n) is 3.17. The topological polar surface area (TPSA) is 99.8 Å². The Bertz CT molecular complexity index is 729. The molecule has 3 N–H and O–H groups in total. The third-order valence-corrected chi connectivity index (χ3v) is 3.17. The van der Waals surface area contributed by atoms with Gasteiger partial charge in [0, 0.05) is 5.56 Å². The molecule has 1 amide bonds. The molecule has 0 atom stereocenters. The average Bonchev–Trinajstić information content (AvgIpc) is 2.47. The van der Waals surface area contributed by atoms with Crippen LogP contribution in [0.1, 0.15) is 42.4 Å². The minimum Gasteiger partial charge on any atom is -0.288 e. The number of carbonyl (C=O) groups excluding carboxylic acids is 1. The zero-order valence-electron chi connectivity index (χ0n) is 13.0. The van der Waals surface area contributed by atoms with Crippen molar-refractivity contribution >= 4 is 11.9 Å². The van der Waals surface area contributed by atoms with Gasteiger partial charge in [-0.2, -0.15) is 0 Å². The van der Waals surface area contributed by atoms with Crippen molar-refractivity contribution < 1.29 is 4.79 Å². The molecule has 1 aromatic heterocycles. The Kier molecular flexibility index (Phi) is 4.25. The molecule has 7 nitrogen and oxygen atoms in total. The Morgan fingerprint density at radius 3 is 2.32 bits per heavy atom. The van der Waals surface area contributed by atoms with Gasteiger partial charge in [-0.25, -0.2) is 0 Å². The Morgan fingerprint density at radius 1 is 1.14 bits per heavy atom. The maximum atomic E-state index is 12.0. The number of hydrogen-bond acceptors (Lipinski definition) is 5. The molecular weight excluding hydrogens is 282 g/mol. The number of hydrazine groups is 1. The molecule has 7 heteroatoms. The highest BCUT2D eigenvalue weighted by atomic mass is 16.2. The monoisotopic (exact) mass is 301 g/mol. The summed E-state index contributed by atoms with van der Waals surface area (Å²) >= 11 is 0. The molecule has 0 aliphatic carbocycles. The van der Waals surface area contributed by atoms with Crippen LogP contribution < -0.4 is 16.4 Å². The normalized spacial score (nSPS) is 11.1. The van der Waals surface area contributed by atoms with Gasteiger partial charge in [-0.3, -0.25) is 25.4 Å². The maximum absolute atomic E-state index is 12.0. The first-order valence-corrected chi connectivity index (χ1v) is 6.88. The number of rotatable bonds is 3. The second-order valence-electron chi connectivity index (χ2n) is 5.99. The number of amides is 1. The van der Waals surface area contributed by atoms with E-state index in [1.807, 2.05) is 12.1 Å². The fourth-order valence-electron chi connectivity index (χ4n) is 1.76. The predicted octanol–water partition coefficient (Wildman–Crippen LogP) is 1.53. The lowest BCUT2D eigenvalue weighted by Gasteiger charge is -2.19. The molecule has 0 fully saturated rings. The van der Waals surface area contributed by atoms with Crippen molar-refractivity contribution in [2.45, 2.75) is 33.1 Å². The zero-order valence-corrected chi connectivity index (χ0v) is 13.0. The summed E-state index contributed by atoms with van der Waals surface area (Å²) in [5.74, 6) is -0.251. The average molecular weight is 301 g/mol. The minimum absolute atomic E-state index is 0.0320. The quantitative estimate of drug-likeness (QED) is 0.747. The van der Waals surface area contributed by atoms with Crippen molar-refractivity contribution in [1.82, 2.24) is 20.6 Å². The predicted molar refractivity (Wildman–Crippen MR) is 83.6 cm³/mol. The van der Waals surface area contributed by atoms with Crippen LogP contribution in [0.25, 0.3) is 0 Å². The second kappa shape index (κ2) is 5.97. The van der Waals surface area contributed by atoms with E-state index >= 15 is 0 Å². The van der Waals surface area contributed by atoms with Gasteiger partial charge in [-0.15, -0.1) is 10.2 Å². The van der Waals surface area contributed by atoms with Crippen LogP contribution in [0.15, 0.2) is 29.1 Å². The molecule has 0 bridgehead atoms. The number of aromatic nitrogens is 3. The Hall–Kier alpha value is -2.70. The standard InChI is InChI=1S/C15H19N5O2/c1-9-12(21)16-14(19-17-9)20-18-13(22)10-5-7-11(8-6-10)15(2,3)4/h5-8H,1-4H3,(H,18,22)(H2,16,19,20,21). The molecule has 0 aliphatic rings. The highest BCUT2D eigenvalue weighted by Gasteiger charge is 2.14. The molecule has 0 unspecified atom stereocenters. The van der Waals surface area contributed by atoms with Gasteiger partial charge < -0.3 is 0 Å². The lowest BCUT2D eigenvalue weighted by molar-refractivity contribution is 0.0962. The lowest BCUT2D eigenvalue weighted by atomic mass is 9.87. The summed E-state index contributed by atoms with van der Waals surface area (Å²) in [7, 11) is 0. The van der Waals surface area contributed by atoms with E-state index < -0.39 is 0 Å². The van der Waals surface area contributed by atoms with Crippen LogP contribution in [-0.4, -0.2) is 21.1 Å². The van der Waals surface area contributed by atoms with E-state index in [1.165, 1.54) is 0 Å². The first kappa shape index (κ1) is 15.7. The van der Waals surface area contributed by atoms with Gasteiger partial charge in [0.2, 0.25) is 5.95 Å². The summed E-state index contributed by atoms with van der Waals surface area (Å²) in [6, 6.07) is 7.34. The molecule has 116 valence electrons. The van der Waals surface area contributed by atoms with Crippen molar-refractivity contribution in [2.24, 2.45) is 0 Å². The first-order valence-electron chi connectivity index (χ1n) is 6.88. The summed E-state index contributed by atoms with van der Waals surface area (Å²) in [5, 5.41) is 7.38. The van der Waals surface area contributed by atoms with E-state index in [0.717, 1.165) is 5.56 Å². The fraction of sp³-hybridized carbons (Fsp3) is 0.333. The molecule has 2 aromatic rings. The highest BCUT2D eigenvalue weighted by molar-refractivity contribution is 5.94. The summed E-state index contributed by atoms with van der Waals surface area (Å²) in [6.45, 7) is 7.87.